The zero-order chi connectivity index (χ0) is 90.8. The number of ether oxygens (including phenoxy) is 5. The molecule has 0 radical (unpaired) electrons. The van der Waals surface area contributed by atoms with Gasteiger partial charge in [0.25, 0.3) is 0 Å². The van der Waals surface area contributed by atoms with Gasteiger partial charge >= 0.3 is 22.8 Å². The van der Waals surface area contributed by atoms with Crippen LogP contribution in [0.25, 0.3) is 44.7 Å². The Balaban J connectivity index is 0.000000158. The van der Waals surface area contributed by atoms with Crippen LogP contribution in [0.2, 0.25) is 0 Å². The van der Waals surface area contributed by atoms with E-state index in [2.05, 4.69) is 125 Å². The van der Waals surface area contributed by atoms with Gasteiger partial charge in [-0.05, 0) is 152 Å². The number of anilines is 4. The monoisotopic (exact) mass is 1740 g/mol. The van der Waals surface area contributed by atoms with Gasteiger partial charge in [-0.2, -0.15) is 0 Å². The van der Waals surface area contributed by atoms with Crippen LogP contribution in [0.5, 0.6) is 46.5 Å². The Bertz CT molecular complexity index is 6070. The lowest BCUT2D eigenvalue weighted by Gasteiger charge is -2.07. The van der Waals surface area contributed by atoms with Gasteiger partial charge in [0, 0.05) is 93.2 Å². The van der Waals surface area contributed by atoms with Crippen molar-refractivity contribution in [1.82, 2.24) is 123 Å². The summed E-state index contributed by atoms with van der Waals surface area (Å²) >= 11 is 0. The maximum Gasteiger partial charge on any atom is 0.328 e. The molecule has 40 nitrogen and oxygen atoms in total. The Kier molecular flexibility index (Phi) is 32.1. The Morgan fingerprint density at radius 2 is 0.646 bits per heavy atom. The minimum Gasteiger partial charge on any atom is -0.437 e. The Morgan fingerprint density at radius 3 is 0.850 bits per heavy atom. The summed E-state index contributed by atoms with van der Waals surface area (Å²) in [6, 6.07) is 28.6. The SMILES string of the molecule is CCN(C)CC.CCOCC.CCc1ccc(Oc2ccc(Cn3c(=O)[nH]c4c(N)nc(C)nc43)cn2)cn1.Cc1nc(N)c2[nH]c(=O)n(Cc3ccc(Oc4ccc(CCCC(F)F)nc4)nc3)c2n1.Cc1nc(N)c2[nH]c(=O)n(Cc3ccc(Oc4ccc(CN)nc4)nc3)c2n1.Cc1nc(N)c2[nH]c(=O)n(Cc3ccc(Oc4ccc(CN)nc4)nc3)c2n1. The van der Waals surface area contributed by atoms with Crippen LogP contribution in [-0.2, 0) is 56.8 Å². The van der Waals surface area contributed by atoms with Crippen molar-refractivity contribution in [2.75, 3.05) is 56.3 Å². The zero-order valence-electron chi connectivity index (χ0n) is 71.6. The molecule has 42 heteroatoms. The predicted molar refractivity (Wildman–Crippen MR) is 475 cm³/mol. The molecule has 0 aromatic carbocycles. The number of imidazole rings is 4. The summed E-state index contributed by atoms with van der Waals surface area (Å²) in [6.45, 7) is 23.1. The van der Waals surface area contributed by atoms with Crippen LogP contribution in [0.4, 0.5) is 32.1 Å². The summed E-state index contributed by atoms with van der Waals surface area (Å²) in [4.78, 5) is 130. The fourth-order valence-corrected chi connectivity index (χ4v) is 12.1. The van der Waals surface area contributed by atoms with E-state index < -0.39 is 6.43 Å². The molecule has 16 N–H and O–H groups in total. The van der Waals surface area contributed by atoms with E-state index in [1.54, 1.807) is 138 Å². The van der Waals surface area contributed by atoms with E-state index in [0.29, 0.717) is 147 Å². The summed E-state index contributed by atoms with van der Waals surface area (Å²) in [5.74, 6) is 6.79. The molecule has 0 bridgehead atoms. The quantitative estimate of drug-likeness (QED) is 0.0229. The van der Waals surface area contributed by atoms with E-state index in [1.165, 1.54) is 24.5 Å². The molecule has 0 amide bonds. The lowest BCUT2D eigenvalue weighted by Crippen LogP contribution is -2.18. The number of halogens is 2. The zero-order valence-corrected chi connectivity index (χ0v) is 71.6. The summed E-state index contributed by atoms with van der Waals surface area (Å²) in [5.41, 5.74) is 43.3. The molecule has 0 saturated carbocycles. The molecule has 662 valence electrons. The Morgan fingerprint density at radius 1 is 0.370 bits per heavy atom. The molecule has 0 unspecified atom stereocenters. The molecular weight excluding hydrogens is 1640 g/mol. The van der Waals surface area contributed by atoms with Crippen molar-refractivity contribution in [2.45, 2.75) is 134 Å². The summed E-state index contributed by atoms with van der Waals surface area (Å²) in [5, 5.41) is 0. The molecule has 16 heterocycles. The van der Waals surface area contributed by atoms with Crippen molar-refractivity contribution < 1.29 is 32.5 Å². The maximum atomic E-state index is 12.3. The standard InChI is InChI=1S/C21H21F2N7O2.C19H19N7O2.2C18H18N8O2.C5H13N.C4H10O/c1-12-27-19(24)18-20(28-12)30(21(31)29-18)11-13-5-8-17(26-9-13)32-15-7-6-14(25-10-15)3-2-4-16(22)23;1-3-13-5-6-14(9-21-13)28-15-7-4-12(8-22-15)10-26-18-16(25-19(26)27)17(20)23-11(2)24-18;2*1-10-23-16(20)15-17(24-10)26(18(27)25-15)9-11-2-5-14(22-7-11)28-13-4-3-12(6-19)21-8-13;1-4-6(3)5-2;1-3-5-4-2/h5-10,16H,2-4,11H2,1H3,(H,29,31)(H2,24,27,28);4-9H,3,10H2,1-2H3,(H,25,27)(H2,20,23,24);2*2-5,7-8H,6,9,19H2,1H3,(H,25,27)(H2,20,23,24);4-5H2,1-3H3;3-4H2,1-2H3. The molecule has 0 fully saturated rings. The summed E-state index contributed by atoms with van der Waals surface area (Å²) < 4.78 is 58.0. The van der Waals surface area contributed by atoms with E-state index >= 15 is 0 Å². The molecule has 0 spiro atoms. The first-order chi connectivity index (χ1) is 61.2. The number of nitrogen functional groups attached to an aromatic ring is 4. The number of rotatable bonds is 27. The number of hydrogen-bond donors (Lipinski definition) is 10. The van der Waals surface area contributed by atoms with Crippen LogP contribution in [0, 0.1) is 27.7 Å². The van der Waals surface area contributed by atoms with E-state index in [0.717, 1.165) is 77.8 Å². The van der Waals surface area contributed by atoms with E-state index in [9.17, 15) is 28.0 Å². The van der Waals surface area contributed by atoms with Gasteiger partial charge in [0.15, 0.2) is 45.9 Å². The van der Waals surface area contributed by atoms with Gasteiger partial charge in [-0.25, -0.2) is 87.8 Å². The highest BCUT2D eigenvalue weighted by atomic mass is 19.3. The maximum absolute atomic E-state index is 12.3. The van der Waals surface area contributed by atoms with Gasteiger partial charge in [-0.15, -0.1) is 0 Å². The number of alkyl halides is 2. The number of nitrogens with zero attached hydrogens (tertiary/aromatic N) is 21. The van der Waals surface area contributed by atoms with Crippen molar-refractivity contribution in [3.05, 3.63) is 257 Å². The number of aromatic nitrogens is 24. The third-order valence-corrected chi connectivity index (χ3v) is 18.8. The molecule has 16 aromatic heterocycles. The summed E-state index contributed by atoms with van der Waals surface area (Å²) in [7, 11) is 2.11. The average molecular weight is 1740 g/mol. The van der Waals surface area contributed by atoms with Gasteiger partial charge < -0.3 is 82.9 Å². The van der Waals surface area contributed by atoms with E-state index in [-0.39, 0.29) is 72.1 Å². The molecule has 127 heavy (non-hydrogen) atoms. The first-order valence-corrected chi connectivity index (χ1v) is 40.4. The molecular formula is C85H99F2N31O9. The number of fused-ring (bicyclic) bond motifs is 4. The predicted octanol–water partition coefficient (Wildman–Crippen LogP) is 9.63. The smallest absolute Gasteiger partial charge is 0.328 e. The largest absolute Gasteiger partial charge is 0.437 e. The number of pyridine rings is 8. The minimum atomic E-state index is -2.29. The van der Waals surface area contributed by atoms with Crippen molar-refractivity contribution >= 4 is 67.9 Å². The highest BCUT2D eigenvalue weighted by Gasteiger charge is 2.20. The van der Waals surface area contributed by atoms with Crippen LogP contribution in [-0.4, -0.2) is 163 Å². The highest BCUT2D eigenvalue weighted by molar-refractivity contribution is 5.84. The number of aryl methyl sites for hydroxylation is 6. The van der Waals surface area contributed by atoms with Gasteiger partial charge in [0.2, 0.25) is 29.9 Å². The Labute approximate surface area is 724 Å². The number of nitrogens with one attached hydrogen (secondary N) is 4. The first-order valence-electron chi connectivity index (χ1n) is 40.4. The third-order valence-electron chi connectivity index (χ3n) is 18.8. The number of nitrogens with two attached hydrogens (primary N) is 6. The van der Waals surface area contributed by atoms with Crippen LogP contribution >= 0.6 is 0 Å². The topological polar surface area (TPSA) is 563 Å². The normalized spacial score (nSPS) is 11.0. The average Bonchev–Trinajstić information content (AvgIpc) is 1.65. The van der Waals surface area contributed by atoms with Crippen molar-refractivity contribution in [2.24, 2.45) is 11.5 Å². The molecule has 0 aliphatic rings. The molecule has 0 aliphatic heterocycles. The number of aromatic amines is 4. The van der Waals surface area contributed by atoms with Crippen molar-refractivity contribution in [3.8, 4) is 46.5 Å². The highest BCUT2D eigenvalue weighted by Crippen LogP contribution is 2.27. The van der Waals surface area contributed by atoms with Gasteiger partial charge in [0.05, 0.1) is 62.4 Å². The Hall–Kier alpha value is -15.3. The summed E-state index contributed by atoms with van der Waals surface area (Å²) in [6.07, 6.45) is 12.2. The molecule has 0 atom stereocenters. The van der Waals surface area contributed by atoms with E-state index in [1.807, 2.05) is 51.1 Å². The fourth-order valence-electron chi connectivity index (χ4n) is 12.1. The first kappa shape index (κ1) is 92.4. The van der Waals surface area contributed by atoms with Gasteiger partial charge in [-0.3, -0.25) is 38.2 Å². The second-order valence-corrected chi connectivity index (χ2v) is 28.2. The molecule has 0 saturated heterocycles. The molecule has 16 rings (SSSR count). The molecule has 0 aliphatic carbocycles. The van der Waals surface area contributed by atoms with Gasteiger partial charge in [-0.1, -0.05) is 45.0 Å². The van der Waals surface area contributed by atoms with Crippen molar-refractivity contribution in [3.63, 3.8) is 0 Å². The lowest BCUT2D eigenvalue weighted by molar-refractivity contribution is 0.135. The molecule has 16 aromatic rings. The van der Waals surface area contributed by atoms with Crippen LogP contribution < -0.4 is 76.1 Å². The number of hydrogen-bond acceptors (Lipinski definition) is 32. The second kappa shape index (κ2) is 44.2. The third kappa shape index (κ3) is 25.5. The fraction of sp³-hybridized carbons (Fsp3) is 0.294. The van der Waals surface area contributed by atoms with Crippen molar-refractivity contribution in [1.29, 1.82) is 0 Å². The minimum absolute atomic E-state index is 0.138. The van der Waals surface area contributed by atoms with Gasteiger partial charge in [0.1, 0.15) is 68.4 Å². The van der Waals surface area contributed by atoms with E-state index in [4.69, 9.17) is 58.1 Å². The van der Waals surface area contributed by atoms with Crippen LogP contribution in [0.15, 0.2) is 166 Å². The van der Waals surface area contributed by atoms with Crippen LogP contribution in [0.3, 0.4) is 0 Å². The van der Waals surface area contributed by atoms with Crippen LogP contribution in [0.1, 0.15) is 116 Å². The number of H-pyrrole nitrogens is 4. The second-order valence-electron chi connectivity index (χ2n) is 28.2. The lowest BCUT2D eigenvalue weighted by atomic mass is 10.2.